The molecular weight excluding hydrogens is 456 g/mol. The lowest BCUT2D eigenvalue weighted by atomic mass is 10.0. The largest absolute Gasteiger partial charge is 0.493 e. The minimum atomic E-state index is -0.626. The molecule has 8 nitrogen and oxygen atoms in total. The van der Waals surface area contributed by atoms with Crippen molar-refractivity contribution in [3.05, 3.63) is 85.1 Å². The Morgan fingerprint density at radius 1 is 1.12 bits per heavy atom. The standard InChI is InChI=1S/C22H21ClN2O6S/c1-29-8-9-31-20-12-18(25(27)28)17(11-19(20)30-2)22(26)24-21(15-7-10-32-13-15)14-3-5-16(23)6-4-14/h3-7,10-13,21H,8-9H2,1-2H3,(H,24,26). The van der Waals surface area contributed by atoms with E-state index < -0.39 is 22.6 Å². The third-order valence-electron chi connectivity index (χ3n) is 4.62. The van der Waals surface area contributed by atoms with Crippen molar-refractivity contribution in [1.82, 2.24) is 5.32 Å². The van der Waals surface area contributed by atoms with Crippen LogP contribution in [-0.4, -0.2) is 38.3 Å². The average molecular weight is 477 g/mol. The lowest BCUT2D eigenvalue weighted by Gasteiger charge is -2.19. The fourth-order valence-electron chi connectivity index (χ4n) is 3.05. The number of hydrogen-bond acceptors (Lipinski definition) is 7. The fraction of sp³-hybridized carbons (Fsp3) is 0.227. The van der Waals surface area contributed by atoms with Gasteiger partial charge in [-0.2, -0.15) is 11.3 Å². The van der Waals surface area contributed by atoms with E-state index in [1.165, 1.54) is 37.7 Å². The Labute approximate surface area is 193 Å². The first-order valence-electron chi connectivity index (χ1n) is 9.51. The fourth-order valence-corrected chi connectivity index (χ4v) is 3.86. The van der Waals surface area contributed by atoms with E-state index >= 15 is 0 Å². The Hall–Kier alpha value is -3.14. The van der Waals surface area contributed by atoms with Gasteiger partial charge in [0.1, 0.15) is 12.2 Å². The molecule has 32 heavy (non-hydrogen) atoms. The Bertz CT molecular complexity index is 1070. The number of nitro groups is 1. The predicted molar refractivity (Wildman–Crippen MR) is 122 cm³/mol. The van der Waals surface area contributed by atoms with Gasteiger partial charge in [0.15, 0.2) is 11.5 Å². The molecule has 1 N–H and O–H groups in total. The van der Waals surface area contributed by atoms with Crippen LogP contribution in [0.15, 0.2) is 53.2 Å². The molecule has 1 atom stereocenters. The molecule has 1 heterocycles. The van der Waals surface area contributed by atoms with Crippen molar-refractivity contribution in [3.63, 3.8) is 0 Å². The van der Waals surface area contributed by atoms with Gasteiger partial charge in [0.2, 0.25) is 0 Å². The highest BCUT2D eigenvalue weighted by Gasteiger charge is 2.27. The normalized spacial score (nSPS) is 11.6. The maximum Gasteiger partial charge on any atom is 0.286 e. The summed E-state index contributed by atoms with van der Waals surface area (Å²) in [7, 11) is 2.91. The summed E-state index contributed by atoms with van der Waals surface area (Å²) in [6.45, 7) is 0.467. The number of benzene rings is 2. The number of halogens is 1. The van der Waals surface area contributed by atoms with Crippen LogP contribution < -0.4 is 14.8 Å². The Morgan fingerprint density at radius 3 is 2.47 bits per heavy atom. The lowest BCUT2D eigenvalue weighted by Crippen LogP contribution is -2.29. The first-order chi connectivity index (χ1) is 15.4. The number of amides is 1. The number of carbonyl (C=O) groups excluding carboxylic acids is 1. The highest BCUT2D eigenvalue weighted by molar-refractivity contribution is 7.08. The van der Waals surface area contributed by atoms with E-state index in [4.69, 9.17) is 25.8 Å². The van der Waals surface area contributed by atoms with Gasteiger partial charge in [-0.1, -0.05) is 23.7 Å². The van der Waals surface area contributed by atoms with Crippen LogP contribution >= 0.6 is 22.9 Å². The molecule has 10 heteroatoms. The molecule has 3 aromatic rings. The number of ether oxygens (including phenoxy) is 3. The Morgan fingerprint density at radius 2 is 1.88 bits per heavy atom. The van der Waals surface area contributed by atoms with E-state index in [1.807, 2.05) is 16.8 Å². The van der Waals surface area contributed by atoms with Gasteiger partial charge in [0.05, 0.1) is 30.7 Å². The molecule has 1 unspecified atom stereocenters. The zero-order valence-electron chi connectivity index (χ0n) is 17.4. The van der Waals surface area contributed by atoms with E-state index in [0.29, 0.717) is 11.6 Å². The van der Waals surface area contributed by atoms with Crippen LogP contribution in [0.2, 0.25) is 5.02 Å². The van der Waals surface area contributed by atoms with Gasteiger partial charge < -0.3 is 19.5 Å². The molecule has 1 aromatic heterocycles. The molecule has 0 fully saturated rings. The number of thiophene rings is 1. The molecule has 0 saturated heterocycles. The van der Waals surface area contributed by atoms with Crippen molar-refractivity contribution in [2.24, 2.45) is 0 Å². The number of rotatable bonds is 10. The molecule has 0 aliphatic heterocycles. The molecule has 3 rings (SSSR count). The third kappa shape index (κ3) is 5.56. The first kappa shape index (κ1) is 23.5. The molecule has 2 aromatic carbocycles. The zero-order valence-corrected chi connectivity index (χ0v) is 18.9. The summed E-state index contributed by atoms with van der Waals surface area (Å²) in [6, 6.07) is 10.9. The summed E-state index contributed by atoms with van der Waals surface area (Å²) in [6.07, 6.45) is 0. The topological polar surface area (TPSA) is 99.9 Å². The molecule has 1 amide bonds. The molecule has 0 aliphatic rings. The quantitative estimate of drug-likeness (QED) is 0.255. The lowest BCUT2D eigenvalue weighted by molar-refractivity contribution is -0.385. The van der Waals surface area contributed by atoms with Gasteiger partial charge in [-0.25, -0.2) is 0 Å². The Kier molecular flexibility index (Phi) is 8.04. The van der Waals surface area contributed by atoms with Crippen molar-refractivity contribution >= 4 is 34.5 Å². The molecular formula is C22H21ClN2O6S. The van der Waals surface area contributed by atoms with Crippen LogP contribution in [0.5, 0.6) is 11.5 Å². The van der Waals surface area contributed by atoms with Gasteiger partial charge >= 0.3 is 0 Å². The number of methoxy groups -OCH3 is 2. The molecule has 0 spiro atoms. The summed E-state index contributed by atoms with van der Waals surface area (Å²) < 4.78 is 15.7. The number of nitrogens with one attached hydrogen (secondary N) is 1. The van der Waals surface area contributed by atoms with Gasteiger partial charge in [-0.3, -0.25) is 14.9 Å². The molecule has 0 saturated carbocycles. The van der Waals surface area contributed by atoms with Crippen molar-refractivity contribution in [3.8, 4) is 11.5 Å². The highest BCUT2D eigenvalue weighted by atomic mass is 35.5. The van der Waals surface area contributed by atoms with E-state index in [2.05, 4.69) is 5.32 Å². The van der Waals surface area contributed by atoms with Crippen LogP contribution in [0.1, 0.15) is 27.5 Å². The van der Waals surface area contributed by atoms with Crippen molar-refractivity contribution in [1.29, 1.82) is 0 Å². The van der Waals surface area contributed by atoms with Crippen molar-refractivity contribution in [2.75, 3.05) is 27.4 Å². The second-order valence-electron chi connectivity index (χ2n) is 6.63. The monoisotopic (exact) mass is 476 g/mol. The van der Waals surface area contributed by atoms with Crippen LogP contribution in [-0.2, 0) is 4.74 Å². The van der Waals surface area contributed by atoms with Gasteiger partial charge in [-0.05, 0) is 40.1 Å². The summed E-state index contributed by atoms with van der Waals surface area (Å²) >= 11 is 7.48. The van der Waals surface area contributed by atoms with Crippen molar-refractivity contribution < 1.29 is 23.9 Å². The van der Waals surface area contributed by atoms with E-state index in [9.17, 15) is 14.9 Å². The number of carbonyl (C=O) groups is 1. The second kappa shape index (κ2) is 10.9. The highest BCUT2D eigenvalue weighted by Crippen LogP contribution is 2.35. The molecule has 0 radical (unpaired) electrons. The van der Waals surface area contributed by atoms with Gasteiger partial charge in [0, 0.05) is 18.2 Å². The third-order valence-corrected chi connectivity index (χ3v) is 5.58. The van der Waals surface area contributed by atoms with Crippen LogP contribution in [0, 0.1) is 10.1 Å². The minimum Gasteiger partial charge on any atom is -0.493 e. The van der Waals surface area contributed by atoms with E-state index in [-0.39, 0.29) is 23.7 Å². The summed E-state index contributed by atoms with van der Waals surface area (Å²) in [4.78, 5) is 24.3. The first-order valence-corrected chi connectivity index (χ1v) is 10.8. The summed E-state index contributed by atoms with van der Waals surface area (Å²) in [5.74, 6) is -0.264. The summed E-state index contributed by atoms with van der Waals surface area (Å²) in [5, 5.41) is 19.0. The van der Waals surface area contributed by atoms with Crippen molar-refractivity contribution in [2.45, 2.75) is 6.04 Å². The summed E-state index contributed by atoms with van der Waals surface area (Å²) in [5.41, 5.74) is 1.10. The smallest absolute Gasteiger partial charge is 0.286 e. The molecule has 0 aliphatic carbocycles. The second-order valence-corrected chi connectivity index (χ2v) is 7.85. The Balaban J connectivity index is 1.97. The SMILES string of the molecule is COCCOc1cc([N+](=O)[O-])c(C(=O)NC(c2ccc(Cl)cc2)c2ccsc2)cc1OC. The average Bonchev–Trinajstić information content (AvgIpc) is 3.32. The van der Waals surface area contributed by atoms with E-state index in [1.54, 1.807) is 24.3 Å². The van der Waals surface area contributed by atoms with Crippen LogP contribution in [0.25, 0.3) is 0 Å². The predicted octanol–water partition coefficient (Wildman–Crippen LogP) is 4.86. The minimum absolute atomic E-state index is 0.139. The molecule has 0 bridgehead atoms. The molecule has 168 valence electrons. The van der Waals surface area contributed by atoms with Crippen LogP contribution in [0.3, 0.4) is 0 Å². The number of nitro benzene ring substituents is 1. The number of hydrogen-bond donors (Lipinski definition) is 1. The van der Waals surface area contributed by atoms with Gasteiger partial charge in [-0.15, -0.1) is 0 Å². The van der Waals surface area contributed by atoms with Gasteiger partial charge in [0.25, 0.3) is 11.6 Å². The van der Waals surface area contributed by atoms with E-state index in [0.717, 1.165) is 11.1 Å². The maximum atomic E-state index is 13.2. The number of nitrogens with zero attached hydrogens (tertiary/aromatic N) is 1. The maximum absolute atomic E-state index is 13.2. The van der Waals surface area contributed by atoms with Crippen LogP contribution in [0.4, 0.5) is 5.69 Å². The zero-order chi connectivity index (χ0) is 23.1.